The zero-order valence-corrected chi connectivity index (χ0v) is 15.2. The fourth-order valence-electron chi connectivity index (χ4n) is 2.23. The van der Waals surface area contributed by atoms with Crippen molar-refractivity contribution in [1.29, 1.82) is 0 Å². The average Bonchev–Trinajstić information content (AvgIpc) is 2.43. The van der Waals surface area contributed by atoms with E-state index in [4.69, 9.17) is 0 Å². The molecule has 21 heavy (non-hydrogen) atoms. The summed E-state index contributed by atoms with van der Waals surface area (Å²) in [4.78, 5) is 0. The molecule has 2 rings (SSSR count). The van der Waals surface area contributed by atoms with Gasteiger partial charge in [-0.3, -0.25) is 0 Å². The summed E-state index contributed by atoms with van der Waals surface area (Å²) in [5.74, 6) is 0.525. The van der Waals surface area contributed by atoms with Crippen LogP contribution in [0.5, 0.6) is 11.5 Å². The van der Waals surface area contributed by atoms with E-state index in [1.54, 1.807) is 12.1 Å². The van der Waals surface area contributed by atoms with Gasteiger partial charge in [0.15, 0.2) is 0 Å². The molecule has 0 unspecified atom stereocenters. The van der Waals surface area contributed by atoms with E-state index in [0.717, 1.165) is 21.8 Å². The summed E-state index contributed by atoms with van der Waals surface area (Å²) in [5, 5.41) is 19.1. The minimum absolute atomic E-state index is 0.000578. The summed E-state index contributed by atoms with van der Waals surface area (Å²) in [6.07, 6.45) is 1.89. The summed E-state index contributed by atoms with van der Waals surface area (Å²) in [7, 11) is 0. The third kappa shape index (κ3) is 4.01. The number of aryl methyl sites for hydroxylation is 1. The lowest BCUT2D eigenvalue weighted by Gasteiger charge is -2.26. The van der Waals surface area contributed by atoms with Crippen LogP contribution in [0.2, 0.25) is 0 Å². The Morgan fingerprint density at radius 2 is 1.48 bits per heavy atom. The lowest BCUT2D eigenvalue weighted by Crippen LogP contribution is -2.18. The molecule has 0 aliphatic carbocycles. The van der Waals surface area contributed by atoms with Crippen molar-refractivity contribution in [2.24, 2.45) is 0 Å². The molecule has 2 N–H and O–H groups in total. The number of halogens is 2. The Morgan fingerprint density at radius 3 is 2.05 bits per heavy atom. The molecule has 0 atom stereocenters. The van der Waals surface area contributed by atoms with Crippen molar-refractivity contribution in [3.63, 3.8) is 0 Å². The molecule has 0 heterocycles. The van der Waals surface area contributed by atoms with Gasteiger partial charge in [-0.15, -0.1) is 0 Å². The summed E-state index contributed by atoms with van der Waals surface area (Å²) in [6, 6.07) is 11.3. The maximum absolute atomic E-state index is 9.60. The van der Waals surface area contributed by atoms with Gasteiger partial charge in [-0.05, 0) is 85.5 Å². The molecule has 2 nitrogen and oxygen atoms in total. The van der Waals surface area contributed by atoms with E-state index in [1.807, 2.05) is 24.3 Å². The second-order valence-corrected chi connectivity index (χ2v) is 7.54. The zero-order chi connectivity index (χ0) is 15.6. The molecule has 0 aliphatic heterocycles. The van der Waals surface area contributed by atoms with Crippen LogP contribution in [0.3, 0.4) is 0 Å². The second kappa shape index (κ2) is 6.41. The molecule has 2 aromatic carbocycles. The molecule has 0 radical (unpaired) electrons. The van der Waals surface area contributed by atoms with E-state index >= 15 is 0 Å². The number of rotatable bonds is 4. The maximum atomic E-state index is 9.60. The van der Waals surface area contributed by atoms with Crippen molar-refractivity contribution in [3.05, 3.63) is 56.5 Å². The monoisotopic (exact) mass is 412 g/mol. The van der Waals surface area contributed by atoms with Gasteiger partial charge in [-0.25, -0.2) is 0 Å². The molecule has 0 bridgehead atoms. The highest BCUT2D eigenvalue weighted by Gasteiger charge is 2.21. The van der Waals surface area contributed by atoms with E-state index < -0.39 is 0 Å². The highest BCUT2D eigenvalue weighted by Crippen LogP contribution is 2.34. The van der Waals surface area contributed by atoms with Crippen LogP contribution in [0.25, 0.3) is 0 Å². The number of aromatic hydroxyl groups is 2. The third-order valence-electron chi connectivity index (χ3n) is 3.78. The maximum Gasteiger partial charge on any atom is 0.129 e. The van der Waals surface area contributed by atoms with Crippen LogP contribution in [0.15, 0.2) is 45.3 Å². The van der Waals surface area contributed by atoms with Crippen molar-refractivity contribution < 1.29 is 10.2 Å². The van der Waals surface area contributed by atoms with Crippen molar-refractivity contribution in [3.8, 4) is 11.5 Å². The van der Waals surface area contributed by atoms with Crippen LogP contribution in [-0.4, -0.2) is 10.2 Å². The van der Waals surface area contributed by atoms with E-state index in [-0.39, 0.29) is 16.9 Å². The van der Waals surface area contributed by atoms with Gasteiger partial charge in [0.05, 0.1) is 8.95 Å². The minimum Gasteiger partial charge on any atom is -0.507 e. The molecular formula is C17H18Br2O2. The summed E-state index contributed by atoms with van der Waals surface area (Å²) >= 11 is 6.71. The first kappa shape index (κ1) is 16.4. The molecular weight excluding hydrogens is 396 g/mol. The second-order valence-electron chi connectivity index (χ2n) is 5.84. The van der Waals surface area contributed by atoms with Crippen LogP contribution >= 0.6 is 31.9 Å². The first-order chi connectivity index (χ1) is 9.79. The fraction of sp³-hybridized carbons (Fsp3) is 0.294. The fourth-order valence-corrected chi connectivity index (χ4v) is 3.04. The van der Waals surface area contributed by atoms with Crippen LogP contribution in [0.1, 0.15) is 31.4 Å². The standard InChI is InChI=1S/C17H18Br2O2/c1-17(2,12-4-6-16(21)14(19)10-12)8-7-11-3-5-15(20)13(18)9-11/h3-6,9-10,20-21H,7-8H2,1-2H3. The van der Waals surface area contributed by atoms with Crippen molar-refractivity contribution in [1.82, 2.24) is 0 Å². The summed E-state index contributed by atoms with van der Waals surface area (Å²) < 4.78 is 1.45. The van der Waals surface area contributed by atoms with Gasteiger partial charge in [0.2, 0.25) is 0 Å². The molecule has 0 aliphatic rings. The van der Waals surface area contributed by atoms with Gasteiger partial charge < -0.3 is 10.2 Å². The quantitative estimate of drug-likeness (QED) is 0.691. The van der Waals surface area contributed by atoms with Gasteiger partial charge in [0.1, 0.15) is 11.5 Å². The number of benzene rings is 2. The Kier molecular flexibility index (Phi) is 4.99. The Hall–Kier alpha value is -1.00. The summed E-state index contributed by atoms with van der Waals surface area (Å²) in [6.45, 7) is 4.39. The van der Waals surface area contributed by atoms with Crippen LogP contribution in [0.4, 0.5) is 0 Å². The number of hydrogen-bond acceptors (Lipinski definition) is 2. The van der Waals surface area contributed by atoms with Crippen molar-refractivity contribution in [2.45, 2.75) is 32.1 Å². The predicted molar refractivity (Wildman–Crippen MR) is 93.0 cm³/mol. The largest absolute Gasteiger partial charge is 0.507 e. The lowest BCUT2D eigenvalue weighted by atomic mass is 9.79. The van der Waals surface area contributed by atoms with E-state index in [1.165, 1.54) is 11.1 Å². The minimum atomic E-state index is 0.000578. The Labute approximate surface area is 142 Å². The lowest BCUT2D eigenvalue weighted by molar-refractivity contribution is 0.462. The smallest absolute Gasteiger partial charge is 0.129 e. The highest BCUT2D eigenvalue weighted by atomic mass is 79.9. The van der Waals surface area contributed by atoms with Crippen LogP contribution in [-0.2, 0) is 11.8 Å². The number of hydrogen-bond donors (Lipinski definition) is 2. The number of phenols is 2. The molecule has 0 spiro atoms. The van der Waals surface area contributed by atoms with Gasteiger partial charge in [-0.1, -0.05) is 26.0 Å². The van der Waals surface area contributed by atoms with Gasteiger partial charge in [-0.2, -0.15) is 0 Å². The highest BCUT2D eigenvalue weighted by molar-refractivity contribution is 9.10. The molecule has 0 saturated heterocycles. The first-order valence-corrected chi connectivity index (χ1v) is 8.34. The van der Waals surface area contributed by atoms with Crippen LogP contribution < -0.4 is 0 Å². The zero-order valence-electron chi connectivity index (χ0n) is 12.0. The molecule has 2 aromatic rings. The van der Waals surface area contributed by atoms with E-state index in [2.05, 4.69) is 45.7 Å². The normalized spacial score (nSPS) is 11.6. The van der Waals surface area contributed by atoms with Gasteiger partial charge in [0, 0.05) is 0 Å². The molecule has 0 amide bonds. The molecule has 4 heteroatoms. The molecule has 0 fully saturated rings. The topological polar surface area (TPSA) is 40.5 Å². The molecule has 0 saturated carbocycles. The van der Waals surface area contributed by atoms with Gasteiger partial charge >= 0.3 is 0 Å². The van der Waals surface area contributed by atoms with E-state index in [9.17, 15) is 10.2 Å². The Balaban J connectivity index is 2.13. The third-order valence-corrected chi connectivity index (χ3v) is 5.05. The van der Waals surface area contributed by atoms with E-state index in [0.29, 0.717) is 0 Å². The predicted octanol–water partition coefficient (Wildman–Crippen LogP) is 5.53. The molecule has 112 valence electrons. The SMILES string of the molecule is CC(C)(CCc1ccc(O)c(Br)c1)c1ccc(O)c(Br)c1. The van der Waals surface area contributed by atoms with Crippen LogP contribution in [0, 0.1) is 0 Å². The van der Waals surface area contributed by atoms with Crippen molar-refractivity contribution >= 4 is 31.9 Å². The Morgan fingerprint density at radius 1 is 0.905 bits per heavy atom. The van der Waals surface area contributed by atoms with Gasteiger partial charge in [0.25, 0.3) is 0 Å². The first-order valence-electron chi connectivity index (χ1n) is 6.76. The molecule has 0 aromatic heterocycles. The van der Waals surface area contributed by atoms with Crippen molar-refractivity contribution in [2.75, 3.05) is 0 Å². The summed E-state index contributed by atoms with van der Waals surface area (Å²) in [5.41, 5.74) is 2.37. The average molecular weight is 414 g/mol. The number of phenolic OH excluding ortho intramolecular Hbond substituents is 2. The Bertz CT molecular complexity index is 651.